The van der Waals surface area contributed by atoms with Gasteiger partial charge in [0.05, 0.1) is 6.61 Å². The van der Waals surface area contributed by atoms with Crippen molar-refractivity contribution in [1.29, 1.82) is 0 Å². The summed E-state index contributed by atoms with van der Waals surface area (Å²) in [6.45, 7) is 3.59. The Morgan fingerprint density at radius 2 is 1.07 bits per heavy atom. The highest BCUT2D eigenvalue weighted by molar-refractivity contribution is 7.85. The lowest BCUT2D eigenvalue weighted by Crippen LogP contribution is -2.60. The van der Waals surface area contributed by atoms with Gasteiger partial charge in [-0.25, -0.2) is 0 Å². The van der Waals surface area contributed by atoms with E-state index in [0.29, 0.717) is 19.3 Å². The molecule has 12 nitrogen and oxygen atoms in total. The van der Waals surface area contributed by atoms with Crippen LogP contribution in [-0.4, -0.2) is 96.0 Å². The van der Waals surface area contributed by atoms with Gasteiger partial charge in [-0.3, -0.25) is 14.1 Å². The summed E-state index contributed by atoms with van der Waals surface area (Å²) in [5.41, 5.74) is 0. The normalized spacial score (nSPS) is 20.8. The van der Waals surface area contributed by atoms with Crippen LogP contribution in [0.1, 0.15) is 162 Å². The molecule has 0 amide bonds. The van der Waals surface area contributed by atoms with E-state index < -0.39 is 71.2 Å². The molecule has 1 saturated heterocycles. The van der Waals surface area contributed by atoms with Gasteiger partial charge in [0.25, 0.3) is 10.1 Å². The fourth-order valence-corrected chi connectivity index (χ4v) is 7.11. The minimum absolute atomic E-state index is 0.0850. The molecule has 0 aromatic heterocycles. The zero-order valence-corrected chi connectivity index (χ0v) is 36.9. The number of aliphatic hydroxyl groups is 3. The first-order chi connectivity index (χ1) is 28.5. The number of hydrogen-bond donors (Lipinski definition) is 4. The van der Waals surface area contributed by atoms with Crippen molar-refractivity contribution in [3.8, 4) is 0 Å². The average molecular weight is 855 g/mol. The Bertz CT molecular complexity index is 1320. The zero-order valence-electron chi connectivity index (χ0n) is 36.1. The third-order valence-corrected chi connectivity index (χ3v) is 10.6. The number of hydrogen-bond acceptors (Lipinski definition) is 11. The van der Waals surface area contributed by atoms with Gasteiger partial charge in [-0.15, -0.1) is 0 Å². The van der Waals surface area contributed by atoms with E-state index in [0.717, 1.165) is 51.4 Å². The number of carbonyl (C=O) groups is 2. The van der Waals surface area contributed by atoms with Gasteiger partial charge in [0.1, 0.15) is 36.8 Å². The highest BCUT2D eigenvalue weighted by atomic mass is 32.2. The van der Waals surface area contributed by atoms with E-state index in [1.807, 2.05) is 12.2 Å². The quantitative estimate of drug-likeness (QED) is 0.0203. The maximum Gasteiger partial charge on any atom is 0.306 e. The van der Waals surface area contributed by atoms with Crippen molar-refractivity contribution in [3.05, 3.63) is 60.8 Å². The Balaban J connectivity index is 2.50. The summed E-state index contributed by atoms with van der Waals surface area (Å²) >= 11 is 0. The third-order valence-electron chi connectivity index (χ3n) is 9.86. The third kappa shape index (κ3) is 30.9. The molecule has 0 saturated carbocycles. The van der Waals surface area contributed by atoms with Crippen LogP contribution in [0.4, 0.5) is 0 Å². The standard InChI is InChI=1S/C46H78O12S/c1-3-5-7-9-11-13-15-17-19-20-21-23-25-27-29-31-33-35-42(48)57-39(37-56-46-45(51)44(50)43(49)40(58-46)38-59(52,53)54)36-55-41(47)34-32-30-28-26-24-22-18-16-14-12-10-8-6-4-2/h5,7,11,13,17,19,21,23,27,29,39-40,43-46,49-51H,3-4,6,8-10,12,14-16,18,20,22,24-26,28,30-38H2,1-2H3,(H,52,53,54)/b7-5+,13-11+,19-17+,23-21+,29-27+/t39-,40-,43-,44?,45?,46+/m1/s1. The molecule has 1 heterocycles. The van der Waals surface area contributed by atoms with Gasteiger partial charge in [-0.05, 0) is 51.4 Å². The van der Waals surface area contributed by atoms with Crippen LogP contribution in [0.25, 0.3) is 0 Å². The molecule has 0 aliphatic carbocycles. The predicted molar refractivity (Wildman–Crippen MR) is 233 cm³/mol. The second-order valence-electron chi connectivity index (χ2n) is 15.3. The minimum Gasteiger partial charge on any atom is -0.462 e. The first-order valence-electron chi connectivity index (χ1n) is 22.3. The van der Waals surface area contributed by atoms with Gasteiger partial charge in [-0.2, -0.15) is 8.42 Å². The molecule has 4 N–H and O–H groups in total. The van der Waals surface area contributed by atoms with Crippen LogP contribution in [0, 0.1) is 0 Å². The van der Waals surface area contributed by atoms with Gasteiger partial charge in [0.2, 0.25) is 0 Å². The van der Waals surface area contributed by atoms with Gasteiger partial charge >= 0.3 is 11.9 Å². The summed E-state index contributed by atoms with van der Waals surface area (Å²) in [7, 11) is -4.61. The number of unbranched alkanes of at least 4 members (excludes halogenated alkanes) is 14. The first-order valence-corrected chi connectivity index (χ1v) is 24.0. The Morgan fingerprint density at radius 1 is 0.593 bits per heavy atom. The largest absolute Gasteiger partial charge is 0.462 e. The summed E-state index contributed by atoms with van der Waals surface area (Å²) < 4.78 is 54.0. The Labute approximate surface area is 355 Å². The summed E-state index contributed by atoms with van der Waals surface area (Å²) in [6, 6.07) is 0. The lowest BCUT2D eigenvalue weighted by Gasteiger charge is -2.40. The molecule has 2 unspecified atom stereocenters. The Kier molecular flexibility index (Phi) is 33.2. The van der Waals surface area contributed by atoms with E-state index in [1.54, 1.807) is 0 Å². The van der Waals surface area contributed by atoms with Crippen molar-refractivity contribution in [2.24, 2.45) is 0 Å². The highest BCUT2D eigenvalue weighted by Crippen LogP contribution is 2.24. The summed E-state index contributed by atoms with van der Waals surface area (Å²) in [6.07, 6.45) is 34.1. The van der Waals surface area contributed by atoms with Gasteiger partial charge in [0.15, 0.2) is 12.4 Å². The van der Waals surface area contributed by atoms with E-state index in [1.165, 1.54) is 64.2 Å². The van der Waals surface area contributed by atoms with Gasteiger partial charge in [0, 0.05) is 12.8 Å². The number of ether oxygens (including phenoxy) is 4. The molecule has 13 heteroatoms. The fraction of sp³-hybridized carbons (Fsp3) is 0.739. The summed E-state index contributed by atoms with van der Waals surface area (Å²) in [5, 5.41) is 30.9. The van der Waals surface area contributed by atoms with Crippen molar-refractivity contribution in [2.75, 3.05) is 19.0 Å². The fourth-order valence-electron chi connectivity index (χ4n) is 6.42. The maximum atomic E-state index is 12.8. The average Bonchev–Trinajstić information content (AvgIpc) is 3.20. The van der Waals surface area contributed by atoms with E-state index in [2.05, 4.69) is 62.5 Å². The second-order valence-corrected chi connectivity index (χ2v) is 16.8. The zero-order chi connectivity index (χ0) is 43.4. The molecule has 0 aromatic carbocycles. The van der Waals surface area contributed by atoms with E-state index in [4.69, 9.17) is 18.9 Å². The summed E-state index contributed by atoms with van der Waals surface area (Å²) in [4.78, 5) is 25.4. The molecule has 1 aliphatic rings. The van der Waals surface area contributed by atoms with Crippen molar-refractivity contribution in [1.82, 2.24) is 0 Å². The van der Waals surface area contributed by atoms with Crippen molar-refractivity contribution in [2.45, 2.75) is 198 Å². The van der Waals surface area contributed by atoms with E-state index in [-0.39, 0.29) is 19.4 Å². The second kappa shape index (κ2) is 36.0. The lowest BCUT2D eigenvalue weighted by molar-refractivity contribution is -0.297. The highest BCUT2D eigenvalue weighted by Gasteiger charge is 2.46. The molecule has 0 spiro atoms. The molecule has 1 fully saturated rings. The van der Waals surface area contributed by atoms with Crippen LogP contribution >= 0.6 is 0 Å². The van der Waals surface area contributed by atoms with Crippen LogP contribution in [-0.2, 0) is 38.7 Å². The molecule has 0 aromatic rings. The molecule has 6 atom stereocenters. The van der Waals surface area contributed by atoms with Crippen molar-refractivity contribution >= 4 is 22.1 Å². The van der Waals surface area contributed by atoms with Crippen LogP contribution in [0.15, 0.2) is 60.8 Å². The predicted octanol–water partition coefficient (Wildman–Crippen LogP) is 8.95. The lowest BCUT2D eigenvalue weighted by atomic mass is 10.00. The minimum atomic E-state index is -4.61. The van der Waals surface area contributed by atoms with Crippen LogP contribution in [0.2, 0.25) is 0 Å². The van der Waals surface area contributed by atoms with Crippen molar-refractivity contribution in [3.63, 3.8) is 0 Å². The number of aliphatic hydroxyl groups excluding tert-OH is 3. The van der Waals surface area contributed by atoms with Crippen LogP contribution in [0.5, 0.6) is 0 Å². The molecule has 1 aliphatic heterocycles. The van der Waals surface area contributed by atoms with Gasteiger partial charge < -0.3 is 34.3 Å². The maximum absolute atomic E-state index is 12.8. The number of esters is 2. The van der Waals surface area contributed by atoms with Crippen LogP contribution < -0.4 is 0 Å². The monoisotopic (exact) mass is 855 g/mol. The Morgan fingerprint density at radius 3 is 1.58 bits per heavy atom. The number of rotatable bonds is 36. The topological polar surface area (TPSA) is 186 Å². The van der Waals surface area contributed by atoms with E-state index in [9.17, 15) is 37.9 Å². The number of carbonyl (C=O) groups excluding carboxylic acids is 2. The first kappa shape index (κ1) is 54.4. The van der Waals surface area contributed by atoms with E-state index >= 15 is 0 Å². The SMILES string of the molecule is CC/C=C/C/C=C/C/C=C/C/C=C/C/C=C/CCCC(=O)O[C@H](COC(=O)CCCCCCCCCCCCCCCC)CO[C@H]1O[C@H](CS(=O)(=O)O)[C@@H](O)C(O)C1O. The Hall–Kier alpha value is -2.65. The summed E-state index contributed by atoms with van der Waals surface area (Å²) in [5.74, 6) is -2.06. The van der Waals surface area contributed by atoms with Gasteiger partial charge in [-0.1, -0.05) is 158 Å². The molecule has 59 heavy (non-hydrogen) atoms. The molecule has 0 bridgehead atoms. The molecule has 0 radical (unpaired) electrons. The molecular formula is C46H78O12S. The number of allylic oxidation sites excluding steroid dienone is 10. The van der Waals surface area contributed by atoms with Crippen LogP contribution in [0.3, 0.4) is 0 Å². The molecule has 1 rings (SSSR count). The smallest absolute Gasteiger partial charge is 0.306 e. The van der Waals surface area contributed by atoms with Crippen molar-refractivity contribution < 1.29 is 56.8 Å². The molecular weight excluding hydrogens is 777 g/mol. The molecule has 340 valence electrons.